The molecule has 2 heterocycles. The van der Waals surface area contributed by atoms with Gasteiger partial charge in [0.25, 0.3) is 0 Å². The van der Waals surface area contributed by atoms with Crippen molar-refractivity contribution in [1.82, 2.24) is 15.3 Å². The van der Waals surface area contributed by atoms with E-state index in [-0.39, 0.29) is 0 Å². The molecule has 2 rings (SSSR count). The zero-order valence-corrected chi connectivity index (χ0v) is 11.5. The number of nitrogens with zero attached hydrogens (tertiary/aromatic N) is 3. The van der Waals surface area contributed by atoms with E-state index in [2.05, 4.69) is 34.0 Å². The van der Waals surface area contributed by atoms with E-state index in [1.165, 1.54) is 25.7 Å². The molecule has 1 aliphatic heterocycles. The minimum absolute atomic E-state index is 0.623. The molecule has 1 aliphatic rings. The lowest BCUT2D eigenvalue weighted by Gasteiger charge is -2.35. The number of aromatic nitrogens is 2. The molecule has 1 unspecified atom stereocenters. The van der Waals surface area contributed by atoms with Gasteiger partial charge in [-0.15, -0.1) is 0 Å². The number of piperidine rings is 1. The largest absolute Gasteiger partial charge is 0.338 e. The predicted molar refractivity (Wildman–Crippen MR) is 74.7 cm³/mol. The highest BCUT2D eigenvalue weighted by Crippen LogP contribution is 2.23. The van der Waals surface area contributed by atoms with E-state index in [4.69, 9.17) is 0 Å². The molecular weight excluding hydrogens is 224 g/mol. The Morgan fingerprint density at radius 1 is 1.28 bits per heavy atom. The number of rotatable bonds is 5. The summed E-state index contributed by atoms with van der Waals surface area (Å²) in [6.45, 7) is 7.29. The summed E-state index contributed by atoms with van der Waals surface area (Å²) in [6.07, 6.45) is 8.96. The predicted octanol–water partition coefficient (Wildman–Crippen LogP) is 2.36. The highest BCUT2D eigenvalue weighted by Gasteiger charge is 2.22. The van der Waals surface area contributed by atoms with Crippen LogP contribution in [0.4, 0.5) is 5.95 Å². The van der Waals surface area contributed by atoms with E-state index in [1.54, 1.807) is 0 Å². The van der Waals surface area contributed by atoms with Gasteiger partial charge in [-0.1, -0.05) is 13.8 Å². The second kappa shape index (κ2) is 6.69. The van der Waals surface area contributed by atoms with E-state index >= 15 is 0 Å². The van der Waals surface area contributed by atoms with Gasteiger partial charge in [-0.2, -0.15) is 0 Å². The van der Waals surface area contributed by atoms with Crippen molar-refractivity contribution in [2.45, 2.75) is 52.1 Å². The lowest BCUT2D eigenvalue weighted by molar-refractivity contribution is 0.443. The third-order valence-electron chi connectivity index (χ3n) is 3.63. The zero-order valence-electron chi connectivity index (χ0n) is 11.5. The first-order valence-corrected chi connectivity index (χ1v) is 7.13. The average Bonchev–Trinajstić information content (AvgIpc) is 2.45. The van der Waals surface area contributed by atoms with Crippen LogP contribution in [0, 0.1) is 0 Å². The van der Waals surface area contributed by atoms with E-state index in [1.807, 2.05) is 12.4 Å². The molecule has 4 heteroatoms. The van der Waals surface area contributed by atoms with Gasteiger partial charge in [-0.3, -0.25) is 0 Å². The van der Waals surface area contributed by atoms with Crippen LogP contribution < -0.4 is 10.2 Å². The summed E-state index contributed by atoms with van der Waals surface area (Å²) in [5.41, 5.74) is 1.16. The summed E-state index contributed by atoms with van der Waals surface area (Å²) in [6, 6.07) is 0.623. The van der Waals surface area contributed by atoms with Crippen LogP contribution in [0.25, 0.3) is 0 Å². The molecule has 1 aromatic rings. The van der Waals surface area contributed by atoms with Gasteiger partial charge < -0.3 is 10.2 Å². The average molecular weight is 248 g/mol. The van der Waals surface area contributed by atoms with Crippen molar-refractivity contribution in [2.24, 2.45) is 0 Å². The summed E-state index contributed by atoms with van der Waals surface area (Å²) < 4.78 is 0. The zero-order chi connectivity index (χ0) is 12.8. The summed E-state index contributed by atoms with van der Waals surface area (Å²) in [5.74, 6) is 0.904. The molecule has 0 saturated carbocycles. The summed E-state index contributed by atoms with van der Waals surface area (Å²) in [5, 5.41) is 3.29. The first-order valence-electron chi connectivity index (χ1n) is 7.13. The molecule has 1 fully saturated rings. The Hall–Kier alpha value is -1.16. The van der Waals surface area contributed by atoms with Crippen LogP contribution in [0.15, 0.2) is 12.4 Å². The molecule has 1 N–H and O–H groups in total. The highest BCUT2D eigenvalue weighted by molar-refractivity contribution is 5.32. The quantitative estimate of drug-likeness (QED) is 0.868. The molecule has 0 aromatic carbocycles. The molecule has 0 bridgehead atoms. The van der Waals surface area contributed by atoms with Gasteiger partial charge in [0, 0.05) is 37.1 Å². The fourth-order valence-corrected chi connectivity index (χ4v) is 2.55. The van der Waals surface area contributed by atoms with Gasteiger partial charge in [0.1, 0.15) is 0 Å². The Kier molecular flexibility index (Phi) is 4.93. The molecule has 100 valence electrons. The Morgan fingerprint density at radius 3 is 2.72 bits per heavy atom. The molecule has 1 atom stereocenters. The van der Waals surface area contributed by atoms with Crippen molar-refractivity contribution in [3.63, 3.8) is 0 Å². The van der Waals surface area contributed by atoms with Crippen LogP contribution in [0.3, 0.4) is 0 Å². The molecule has 0 amide bonds. The Morgan fingerprint density at radius 2 is 2.06 bits per heavy atom. The SMILES string of the molecule is CCNCc1cnc(N2CCCCC2CC)nc1. The molecular formula is C14H24N4. The third-order valence-corrected chi connectivity index (χ3v) is 3.63. The second-order valence-electron chi connectivity index (χ2n) is 4.92. The highest BCUT2D eigenvalue weighted by atomic mass is 15.3. The number of hydrogen-bond donors (Lipinski definition) is 1. The Labute approximate surface area is 110 Å². The topological polar surface area (TPSA) is 41.1 Å². The monoisotopic (exact) mass is 248 g/mol. The lowest BCUT2D eigenvalue weighted by Crippen LogP contribution is -2.40. The maximum Gasteiger partial charge on any atom is 0.225 e. The number of nitrogens with one attached hydrogen (secondary N) is 1. The number of hydrogen-bond acceptors (Lipinski definition) is 4. The van der Waals surface area contributed by atoms with E-state index in [0.717, 1.165) is 31.1 Å². The fraction of sp³-hybridized carbons (Fsp3) is 0.714. The van der Waals surface area contributed by atoms with Crippen LogP contribution in [-0.4, -0.2) is 29.1 Å². The van der Waals surface area contributed by atoms with Crippen LogP contribution >= 0.6 is 0 Å². The van der Waals surface area contributed by atoms with E-state index in [0.29, 0.717) is 6.04 Å². The minimum atomic E-state index is 0.623. The van der Waals surface area contributed by atoms with Crippen LogP contribution in [0.5, 0.6) is 0 Å². The van der Waals surface area contributed by atoms with Crippen molar-refractivity contribution >= 4 is 5.95 Å². The summed E-state index contributed by atoms with van der Waals surface area (Å²) in [7, 11) is 0. The maximum absolute atomic E-state index is 4.53. The Bertz CT molecular complexity index is 349. The minimum Gasteiger partial charge on any atom is -0.338 e. The van der Waals surface area contributed by atoms with Gasteiger partial charge in [-0.25, -0.2) is 9.97 Å². The molecule has 1 saturated heterocycles. The Balaban J connectivity index is 2.03. The molecule has 1 aromatic heterocycles. The van der Waals surface area contributed by atoms with Crippen molar-refractivity contribution in [2.75, 3.05) is 18.0 Å². The van der Waals surface area contributed by atoms with Gasteiger partial charge in [0.15, 0.2) is 0 Å². The van der Waals surface area contributed by atoms with Crippen molar-refractivity contribution in [3.8, 4) is 0 Å². The van der Waals surface area contributed by atoms with Crippen molar-refractivity contribution in [1.29, 1.82) is 0 Å². The summed E-state index contributed by atoms with van der Waals surface area (Å²) >= 11 is 0. The fourth-order valence-electron chi connectivity index (χ4n) is 2.55. The van der Waals surface area contributed by atoms with Gasteiger partial charge in [0.2, 0.25) is 5.95 Å². The van der Waals surface area contributed by atoms with Gasteiger partial charge in [0.05, 0.1) is 0 Å². The number of anilines is 1. The van der Waals surface area contributed by atoms with Crippen LogP contribution in [0.2, 0.25) is 0 Å². The normalized spacial score (nSPS) is 20.1. The molecule has 4 nitrogen and oxygen atoms in total. The first-order chi connectivity index (χ1) is 8.85. The lowest BCUT2D eigenvalue weighted by atomic mass is 10.0. The molecule has 0 spiro atoms. The molecule has 0 aliphatic carbocycles. The van der Waals surface area contributed by atoms with Crippen molar-refractivity contribution in [3.05, 3.63) is 18.0 Å². The summed E-state index contributed by atoms with van der Waals surface area (Å²) in [4.78, 5) is 11.4. The molecule has 0 radical (unpaired) electrons. The van der Waals surface area contributed by atoms with Gasteiger partial charge in [-0.05, 0) is 32.2 Å². The first kappa shape index (κ1) is 13.3. The van der Waals surface area contributed by atoms with E-state index < -0.39 is 0 Å². The smallest absolute Gasteiger partial charge is 0.225 e. The maximum atomic E-state index is 4.53. The van der Waals surface area contributed by atoms with E-state index in [9.17, 15) is 0 Å². The third kappa shape index (κ3) is 3.19. The van der Waals surface area contributed by atoms with Gasteiger partial charge >= 0.3 is 0 Å². The second-order valence-corrected chi connectivity index (χ2v) is 4.92. The van der Waals surface area contributed by atoms with Crippen LogP contribution in [-0.2, 0) is 6.54 Å². The van der Waals surface area contributed by atoms with Crippen molar-refractivity contribution < 1.29 is 0 Å². The van der Waals surface area contributed by atoms with Crippen LogP contribution in [0.1, 0.15) is 45.1 Å². The molecule has 18 heavy (non-hydrogen) atoms. The standard InChI is InChI=1S/C14H24N4/c1-3-13-7-5-6-8-18(13)14-16-10-12(11-17-14)9-15-4-2/h10-11,13,15H,3-9H2,1-2H3.